The first-order valence-electron chi connectivity index (χ1n) is 7.23. The fourth-order valence-electron chi connectivity index (χ4n) is 2.41. The van der Waals surface area contributed by atoms with Crippen LogP contribution in [-0.4, -0.2) is 44.8 Å². The first kappa shape index (κ1) is 16.5. The minimum Gasteiger partial charge on any atom is -0.481 e. The van der Waals surface area contributed by atoms with E-state index in [1.165, 1.54) is 11.3 Å². The van der Waals surface area contributed by atoms with Crippen molar-refractivity contribution in [1.29, 1.82) is 0 Å². The van der Waals surface area contributed by atoms with E-state index in [4.69, 9.17) is 5.11 Å². The quantitative estimate of drug-likeness (QED) is 0.886. The monoisotopic (exact) mass is 323 g/mol. The van der Waals surface area contributed by atoms with E-state index in [9.17, 15) is 9.59 Å². The van der Waals surface area contributed by atoms with Gasteiger partial charge in [0.2, 0.25) is 0 Å². The molecule has 2 heterocycles. The number of carbonyl (C=O) groups is 2. The van der Waals surface area contributed by atoms with Crippen LogP contribution in [0.25, 0.3) is 10.2 Å². The molecule has 0 spiro atoms. The van der Waals surface area contributed by atoms with Crippen LogP contribution in [0.1, 0.15) is 35.6 Å². The second-order valence-electron chi connectivity index (χ2n) is 5.83. The van der Waals surface area contributed by atoms with Gasteiger partial charge in [0.05, 0.1) is 17.0 Å². The maximum Gasteiger partial charge on any atom is 0.305 e. The summed E-state index contributed by atoms with van der Waals surface area (Å²) < 4.78 is 1.77. The van der Waals surface area contributed by atoms with Gasteiger partial charge in [-0.25, -0.2) is 0 Å². The standard InChI is InChI=1S/C15H21N3O3S/c1-9(2)8-18(6-5-13(19)20)14(21)12-7-11-10(3)16-17(4)15(11)22-12/h7,9H,5-6,8H2,1-4H3,(H,19,20). The molecule has 22 heavy (non-hydrogen) atoms. The third-order valence-corrected chi connectivity index (χ3v) is 4.57. The second-order valence-corrected chi connectivity index (χ2v) is 6.86. The molecular weight excluding hydrogens is 302 g/mol. The predicted octanol–water partition coefficient (Wildman–Crippen LogP) is 2.52. The molecule has 0 atom stereocenters. The van der Waals surface area contributed by atoms with Gasteiger partial charge in [0.1, 0.15) is 4.83 Å². The van der Waals surface area contributed by atoms with Crippen LogP contribution in [0.4, 0.5) is 0 Å². The third-order valence-electron chi connectivity index (χ3n) is 3.38. The Hall–Kier alpha value is -1.89. The Morgan fingerprint density at radius 3 is 2.68 bits per heavy atom. The van der Waals surface area contributed by atoms with Gasteiger partial charge in [-0.15, -0.1) is 11.3 Å². The van der Waals surface area contributed by atoms with Crippen molar-refractivity contribution in [3.63, 3.8) is 0 Å². The molecule has 1 N–H and O–H groups in total. The lowest BCUT2D eigenvalue weighted by molar-refractivity contribution is -0.137. The molecular formula is C15H21N3O3S. The normalized spacial score (nSPS) is 11.3. The average molecular weight is 323 g/mol. The number of hydrogen-bond acceptors (Lipinski definition) is 4. The highest BCUT2D eigenvalue weighted by molar-refractivity contribution is 7.20. The number of aliphatic carboxylic acids is 1. The first-order chi connectivity index (χ1) is 10.3. The van der Waals surface area contributed by atoms with Crippen LogP contribution in [0.2, 0.25) is 0 Å². The molecule has 0 radical (unpaired) electrons. The molecule has 0 unspecified atom stereocenters. The average Bonchev–Trinajstić information content (AvgIpc) is 2.96. The number of rotatable bonds is 6. The molecule has 0 saturated carbocycles. The summed E-state index contributed by atoms with van der Waals surface area (Å²) in [5, 5.41) is 14.2. The van der Waals surface area contributed by atoms with Gasteiger partial charge in [-0.1, -0.05) is 13.8 Å². The number of carboxylic acid groups (broad SMARTS) is 1. The number of amides is 1. The van der Waals surface area contributed by atoms with Crippen molar-refractivity contribution >= 4 is 33.4 Å². The Balaban J connectivity index is 2.26. The Labute approximate surface area is 133 Å². The van der Waals surface area contributed by atoms with Gasteiger partial charge in [-0.05, 0) is 18.9 Å². The zero-order chi connectivity index (χ0) is 16.4. The van der Waals surface area contributed by atoms with Gasteiger partial charge in [-0.3, -0.25) is 14.3 Å². The number of hydrogen-bond donors (Lipinski definition) is 1. The zero-order valence-corrected chi connectivity index (χ0v) is 14.1. The molecule has 120 valence electrons. The summed E-state index contributed by atoms with van der Waals surface area (Å²) in [6.07, 6.45) is -0.0378. The van der Waals surface area contributed by atoms with Gasteiger partial charge in [-0.2, -0.15) is 5.10 Å². The number of carbonyl (C=O) groups excluding carboxylic acids is 1. The lowest BCUT2D eigenvalue weighted by Crippen LogP contribution is -2.35. The fourth-order valence-corrected chi connectivity index (χ4v) is 3.50. The van der Waals surface area contributed by atoms with Crippen molar-refractivity contribution < 1.29 is 14.7 Å². The van der Waals surface area contributed by atoms with Crippen molar-refractivity contribution in [3.05, 3.63) is 16.6 Å². The lowest BCUT2D eigenvalue weighted by Gasteiger charge is -2.23. The number of aromatic nitrogens is 2. The Bertz CT molecular complexity index is 668. The van der Waals surface area contributed by atoms with Crippen LogP contribution >= 0.6 is 11.3 Å². The molecule has 0 saturated heterocycles. The maximum absolute atomic E-state index is 12.7. The van der Waals surface area contributed by atoms with Gasteiger partial charge in [0.15, 0.2) is 0 Å². The number of carboxylic acids is 1. The van der Waals surface area contributed by atoms with E-state index in [1.54, 1.807) is 9.58 Å². The van der Waals surface area contributed by atoms with Gasteiger partial charge >= 0.3 is 5.97 Å². The van der Waals surface area contributed by atoms with Crippen molar-refractivity contribution in [2.45, 2.75) is 27.2 Å². The van der Waals surface area contributed by atoms with Crippen molar-refractivity contribution in [2.75, 3.05) is 13.1 Å². The summed E-state index contributed by atoms with van der Waals surface area (Å²) in [6, 6.07) is 1.86. The molecule has 6 nitrogen and oxygen atoms in total. The van der Waals surface area contributed by atoms with E-state index in [0.29, 0.717) is 11.4 Å². The second kappa shape index (κ2) is 6.48. The maximum atomic E-state index is 12.7. The largest absolute Gasteiger partial charge is 0.481 e. The summed E-state index contributed by atoms with van der Waals surface area (Å²) in [5.74, 6) is -0.705. The molecule has 0 aliphatic heterocycles. The molecule has 2 aromatic heterocycles. The van der Waals surface area contributed by atoms with Crippen LogP contribution < -0.4 is 0 Å². The minimum atomic E-state index is -0.891. The van der Waals surface area contributed by atoms with Gasteiger partial charge in [0.25, 0.3) is 5.91 Å². The molecule has 1 amide bonds. The number of aryl methyl sites for hydroxylation is 2. The topological polar surface area (TPSA) is 75.4 Å². The minimum absolute atomic E-state index is 0.0378. The van der Waals surface area contributed by atoms with Gasteiger partial charge in [0, 0.05) is 25.5 Å². The molecule has 0 fully saturated rings. The van der Waals surface area contributed by atoms with E-state index >= 15 is 0 Å². The number of fused-ring (bicyclic) bond motifs is 1. The van der Waals surface area contributed by atoms with Crippen LogP contribution in [-0.2, 0) is 11.8 Å². The highest BCUT2D eigenvalue weighted by Gasteiger charge is 2.21. The SMILES string of the molecule is Cc1nn(C)c2sc(C(=O)N(CCC(=O)O)CC(C)C)cc12. The van der Waals surface area contributed by atoms with Crippen LogP contribution in [0.5, 0.6) is 0 Å². The number of nitrogens with zero attached hydrogens (tertiary/aromatic N) is 3. The van der Waals surface area contributed by atoms with Crippen LogP contribution in [0.15, 0.2) is 6.07 Å². The molecule has 0 aliphatic carbocycles. The zero-order valence-electron chi connectivity index (χ0n) is 13.3. The lowest BCUT2D eigenvalue weighted by atomic mass is 10.2. The molecule has 7 heteroatoms. The number of thiophene rings is 1. The molecule has 2 rings (SSSR count). The van der Waals surface area contributed by atoms with E-state index in [-0.39, 0.29) is 24.8 Å². The summed E-state index contributed by atoms with van der Waals surface area (Å²) in [5.41, 5.74) is 0.897. The van der Waals surface area contributed by atoms with E-state index in [0.717, 1.165) is 15.9 Å². The van der Waals surface area contributed by atoms with E-state index in [2.05, 4.69) is 5.10 Å². The van der Waals surface area contributed by atoms with Crippen LogP contribution in [0, 0.1) is 12.8 Å². The predicted molar refractivity (Wildman–Crippen MR) is 86.3 cm³/mol. The van der Waals surface area contributed by atoms with Crippen molar-refractivity contribution in [2.24, 2.45) is 13.0 Å². The van der Waals surface area contributed by atoms with E-state index < -0.39 is 5.97 Å². The highest BCUT2D eigenvalue weighted by atomic mass is 32.1. The Morgan fingerprint density at radius 2 is 2.14 bits per heavy atom. The highest BCUT2D eigenvalue weighted by Crippen LogP contribution is 2.28. The Morgan fingerprint density at radius 1 is 1.45 bits per heavy atom. The molecule has 0 aromatic carbocycles. The Kier molecular flexibility index (Phi) is 4.85. The molecule has 2 aromatic rings. The summed E-state index contributed by atoms with van der Waals surface area (Å²) in [7, 11) is 1.86. The van der Waals surface area contributed by atoms with Crippen LogP contribution in [0.3, 0.4) is 0 Å². The third kappa shape index (κ3) is 3.47. The fraction of sp³-hybridized carbons (Fsp3) is 0.533. The van der Waals surface area contributed by atoms with Crippen molar-refractivity contribution in [1.82, 2.24) is 14.7 Å². The van der Waals surface area contributed by atoms with Crippen molar-refractivity contribution in [3.8, 4) is 0 Å². The first-order valence-corrected chi connectivity index (χ1v) is 8.05. The van der Waals surface area contributed by atoms with Gasteiger partial charge < -0.3 is 10.0 Å². The molecule has 0 bridgehead atoms. The molecule has 0 aliphatic rings. The summed E-state index contributed by atoms with van der Waals surface area (Å²) >= 11 is 1.40. The summed E-state index contributed by atoms with van der Waals surface area (Å²) in [6.45, 7) is 6.73. The smallest absolute Gasteiger partial charge is 0.305 e. The summed E-state index contributed by atoms with van der Waals surface area (Å²) in [4.78, 5) is 26.7. The van der Waals surface area contributed by atoms with E-state index in [1.807, 2.05) is 33.9 Å².